The average Bonchev–Trinajstić information content (AvgIpc) is 2.49. The molecule has 0 aliphatic heterocycles. The van der Waals surface area contributed by atoms with Crippen molar-refractivity contribution in [3.63, 3.8) is 0 Å². The molecular weight excluding hydrogens is 355 g/mol. The van der Waals surface area contributed by atoms with Crippen LogP contribution >= 0.6 is 11.6 Å². The van der Waals surface area contributed by atoms with Gasteiger partial charge in [-0.1, -0.05) is 11.6 Å². The van der Waals surface area contributed by atoms with E-state index in [9.17, 15) is 26.7 Å². The van der Waals surface area contributed by atoms with Gasteiger partial charge in [0.05, 0.1) is 22.8 Å². The summed E-state index contributed by atoms with van der Waals surface area (Å²) in [6.45, 7) is -0.417. The van der Waals surface area contributed by atoms with E-state index in [-0.39, 0.29) is 16.4 Å². The highest BCUT2D eigenvalue weighted by atomic mass is 35.5. The molecule has 0 bridgehead atoms. The van der Waals surface area contributed by atoms with Crippen LogP contribution in [-0.4, -0.2) is 12.5 Å². The minimum atomic E-state index is -4.55. The number of alkyl halides is 3. The van der Waals surface area contributed by atoms with E-state index in [1.54, 1.807) is 0 Å². The van der Waals surface area contributed by atoms with Gasteiger partial charge in [-0.25, -0.2) is 8.78 Å². The lowest BCUT2D eigenvalue weighted by Gasteiger charge is -2.12. The fraction of sp³-hybridized carbons (Fsp3) is 0.133. The van der Waals surface area contributed by atoms with Crippen LogP contribution in [0.5, 0.6) is 0 Å². The second-order valence-corrected chi connectivity index (χ2v) is 5.13. The quantitative estimate of drug-likeness (QED) is 0.773. The van der Waals surface area contributed by atoms with Crippen molar-refractivity contribution in [3.05, 3.63) is 58.6 Å². The summed E-state index contributed by atoms with van der Waals surface area (Å²) in [5.74, 6) is -2.88. The maximum Gasteiger partial charge on any atom is 0.416 e. The molecule has 128 valence electrons. The molecule has 1 amide bonds. The van der Waals surface area contributed by atoms with Crippen LogP contribution in [0.3, 0.4) is 0 Å². The van der Waals surface area contributed by atoms with Gasteiger partial charge in [0.2, 0.25) is 5.91 Å². The molecule has 0 saturated carbocycles. The van der Waals surface area contributed by atoms with Gasteiger partial charge in [-0.2, -0.15) is 13.2 Å². The van der Waals surface area contributed by atoms with Gasteiger partial charge in [0.1, 0.15) is 0 Å². The van der Waals surface area contributed by atoms with Crippen LogP contribution in [0.15, 0.2) is 36.4 Å². The van der Waals surface area contributed by atoms with E-state index in [0.29, 0.717) is 0 Å². The zero-order valence-electron chi connectivity index (χ0n) is 11.8. The Balaban J connectivity index is 2.02. The molecular formula is C15H10ClF5N2O. The van der Waals surface area contributed by atoms with E-state index in [0.717, 1.165) is 36.4 Å². The highest BCUT2D eigenvalue weighted by Crippen LogP contribution is 2.33. The SMILES string of the molecule is O=C(CNc1cc(C(F)(F)F)ccc1Cl)Nc1ccc(F)c(F)c1. The van der Waals surface area contributed by atoms with Crippen molar-refractivity contribution in [3.8, 4) is 0 Å². The Hall–Kier alpha value is -2.35. The highest BCUT2D eigenvalue weighted by molar-refractivity contribution is 6.33. The van der Waals surface area contributed by atoms with Crippen molar-refractivity contribution in [2.45, 2.75) is 6.18 Å². The van der Waals surface area contributed by atoms with Gasteiger partial charge >= 0.3 is 6.18 Å². The summed E-state index contributed by atoms with van der Waals surface area (Å²) in [4.78, 5) is 11.7. The highest BCUT2D eigenvalue weighted by Gasteiger charge is 2.30. The fourth-order valence-corrected chi connectivity index (χ4v) is 1.98. The molecule has 2 N–H and O–H groups in total. The predicted octanol–water partition coefficient (Wildman–Crippen LogP) is 4.69. The maximum absolute atomic E-state index is 13.0. The molecule has 9 heteroatoms. The first-order valence-corrected chi connectivity index (χ1v) is 6.90. The summed E-state index contributed by atoms with van der Waals surface area (Å²) in [6.07, 6.45) is -4.55. The molecule has 0 radical (unpaired) electrons. The summed E-state index contributed by atoms with van der Waals surface area (Å²) < 4.78 is 63.7. The van der Waals surface area contributed by atoms with Crippen molar-refractivity contribution in [1.29, 1.82) is 0 Å². The van der Waals surface area contributed by atoms with Crippen LogP contribution < -0.4 is 10.6 Å². The van der Waals surface area contributed by atoms with E-state index in [1.807, 2.05) is 0 Å². The van der Waals surface area contributed by atoms with Crippen molar-refractivity contribution >= 4 is 28.9 Å². The Bertz CT molecular complexity index is 764. The van der Waals surface area contributed by atoms with Gasteiger partial charge in [0.25, 0.3) is 0 Å². The largest absolute Gasteiger partial charge is 0.416 e. The first-order valence-electron chi connectivity index (χ1n) is 6.52. The normalized spacial score (nSPS) is 11.2. The first-order chi connectivity index (χ1) is 11.2. The van der Waals surface area contributed by atoms with E-state index in [1.165, 1.54) is 0 Å². The number of amides is 1. The summed E-state index contributed by atoms with van der Waals surface area (Å²) in [7, 11) is 0. The number of nitrogens with one attached hydrogen (secondary N) is 2. The van der Waals surface area contributed by atoms with Gasteiger partial charge in [0.15, 0.2) is 11.6 Å². The Morgan fingerprint density at radius 3 is 2.38 bits per heavy atom. The van der Waals surface area contributed by atoms with E-state index >= 15 is 0 Å². The summed E-state index contributed by atoms with van der Waals surface area (Å²) in [5, 5.41) is 4.73. The number of anilines is 2. The summed E-state index contributed by atoms with van der Waals surface area (Å²) >= 11 is 5.78. The molecule has 0 fully saturated rings. The van der Waals surface area contributed by atoms with E-state index in [4.69, 9.17) is 11.6 Å². The maximum atomic E-state index is 13.0. The summed E-state index contributed by atoms with van der Waals surface area (Å²) in [6, 6.07) is 5.40. The number of benzene rings is 2. The molecule has 0 aliphatic rings. The van der Waals surface area contributed by atoms with Gasteiger partial charge < -0.3 is 10.6 Å². The fourth-order valence-electron chi connectivity index (χ4n) is 1.79. The number of carbonyl (C=O) groups is 1. The third kappa shape index (κ3) is 4.58. The van der Waals surface area contributed by atoms with Crippen molar-refractivity contribution in [2.75, 3.05) is 17.2 Å². The lowest BCUT2D eigenvalue weighted by Crippen LogP contribution is -2.22. The molecule has 0 spiro atoms. The van der Waals surface area contributed by atoms with Gasteiger partial charge in [0, 0.05) is 11.8 Å². The molecule has 0 saturated heterocycles. The van der Waals surface area contributed by atoms with Crippen LogP contribution in [0.4, 0.5) is 33.3 Å². The molecule has 2 rings (SSSR count). The smallest absolute Gasteiger partial charge is 0.375 e. The predicted molar refractivity (Wildman–Crippen MR) is 79.9 cm³/mol. The lowest BCUT2D eigenvalue weighted by molar-refractivity contribution is -0.137. The first kappa shape index (κ1) is 18.0. The van der Waals surface area contributed by atoms with E-state index < -0.39 is 35.8 Å². The second-order valence-electron chi connectivity index (χ2n) is 4.72. The van der Waals surface area contributed by atoms with Crippen LogP contribution in [0.1, 0.15) is 5.56 Å². The van der Waals surface area contributed by atoms with Gasteiger partial charge in [-0.05, 0) is 30.3 Å². The minimum Gasteiger partial charge on any atom is -0.375 e. The molecule has 2 aromatic carbocycles. The molecule has 0 unspecified atom stereocenters. The Morgan fingerprint density at radius 2 is 1.75 bits per heavy atom. The number of hydrogen-bond acceptors (Lipinski definition) is 2. The zero-order valence-corrected chi connectivity index (χ0v) is 12.6. The Labute approximate surface area is 138 Å². The standard InChI is InChI=1S/C15H10ClF5N2O/c16-10-3-1-8(15(19,20)21)5-13(10)22-7-14(24)23-9-2-4-11(17)12(18)6-9/h1-6,22H,7H2,(H,23,24). The topological polar surface area (TPSA) is 41.1 Å². The lowest BCUT2D eigenvalue weighted by atomic mass is 10.2. The monoisotopic (exact) mass is 364 g/mol. The molecule has 24 heavy (non-hydrogen) atoms. The second kappa shape index (κ2) is 7.04. The number of rotatable bonds is 4. The third-order valence-corrected chi connectivity index (χ3v) is 3.27. The molecule has 0 aliphatic carbocycles. The Kier molecular flexibility index (Phi) is 5.28. The van der Waals surface area contributed by atoms with Gasteiger partial charge in [-0.15, -0.1) is 0 Å². The van der Waals surface area contributed by atoms with Crippen LogP contribution in [0, 0.1) is 11.6 Å². The van der Waals surface area contributed by atoms with Crippen LogP contribution in [-0.2, 0) is 11.0 Å². The number of hydrogen-bond donors (Lipinski definition) is 2. The number of carbonyl (C=O) groups excluding carboxylic acids is 1. The molecule has 3 nitrogen and oxygen atoms in total. The molecule has 0 atom stereocenters. The molecule has 2 aromatic rings. The minimum absolute atomic E-state index is 0.00336. The zero-order chi connectivity index (χ0) is 17.9. The van der Waals surface area contributed by atoms with Gasteiger partial charge in [-0.3, -0.25) is 4.79 Å². The molecule has 0 aromatic heterocycles. The van der Waals surface area contributed by atoms with Crippen molar-refractivity contribution < 1.29 is 26.7 Å². The Morgan fingerprint density at radius 1 is 1.04 bits per heavy atom. The van der Waals surface area contributed by atoms with Crippen molar-refractivity contribution in [2.24, 2.45) is 0 Å². The number of halogens is 6. The third-order valence-electron chi connectivity index (χ3n) is 2.94. The van der Waals surface area contributed by atoms with Crippen LogP contribution in [0.2, 0.25) is 5.02 Å². The van der Waals surface area contributed by atoms with Crippen LogP contribution in [0.25, 0.3) is 0 Å². The summed E-state index contributed by atoms with van der Waals surface area (Å²) in [5.41, 5.74) is -0.988. The average molecular weight is 365 g/mol. The molecule has 0 heterocycles. The van der Waals surface area contributed by atoms with Crippen molar-refractivity contribution in [1.82, 2.24) is 0 Å². The van der Waals surface area contributed by atoms with E-state index in [2.05, 4.69) is 10.6 Å².